The molecule has 0 amide bonds. The summed E-state index contributed by atoms with van der Waals surface area (Å²) in [4.78, 5) is 11.8. The molecule has 0 aromatic rings. The summed E-state index contributed by atoms with van der Waals surface area (Å²) in [7, 11) is 0. The van der Waals surface area contributed by atoms with Gasteiger partial charge in [0.1, 0.15) is 37.1 Å². The molecule has 0 bridgehead atoms. The van der Waals surface area contributed by atoms with E-state index < -0.39 is 43.4 Å². The molecule has 0 saturated carbocycles. The molecule has 9 heteroatoms. The average Bonchev–Trinajstić information content (AvgIpc) is 2.83. The summed E-state index contributed by atoms with van der Waals surface area (Å²) in [5.74, 6) is -0.380. The molecular formula is C25H48O9. The monoisotopic (exact) mass is 492 g/mol. The van der Waals surface area contributed by atoms with Crippen LogP contribution in [-0.2, 0) is 19.0 Å². The third-order valence-corrected chi connectivity index (χ3v) is 6.22. The highest BCUT2D eigenvalue weighted by Gasteiger charge is 2.44. The summed E-state index contributed by atoms with van der Waals surface area (Å²) >= 11 is 0. The largest absolute Gasteiger partial charge is 0.463 e. The molecule has 9 nitrogen and oxygen atoms in total. The minimum atomic E-state index is -1.55. The molecule has 1 aliphatic rings. The van der Waals surface area contributed by atoms with Crippen molar-refractivity contribution >= 4 is 5.97 Å². The standard InChI is InChI=1S/C25H48O9/c1-2-3-4-5-6-7-8-9-10-11-12-13-14-15-21(28)32-17-19(27)18-33-25-24(31)23(30)22(29)20(16-26)34-25/h19-20,22-27,29-31H,2-18H2,1H3/t19-,20-,22-,23+,24-,25-/m0/s1. The van der Waals surface area contributed by atoms with E-state index in [1.165, 1.54) is 64.2 Å². The van der Waals surface area contributed by atoms with Gasteiger partial charge in [-0.05, 0) is 6.42 Å². The molecule has 0 radical (unpaired) electrons. The van der Waals surface area contributed by atoms with Crippen LogP contribution in [0.1, 0.15) is 96.8 Å². The number of carbonyl (C=O) groups excluding carboxylic acids is 1. The first-order valence-electron chi connectivity index (χ1n) is 13.2. The van der Waals surface area contributed by atoms with E-state index in [0.29, 0.717) is 6.42 Å². The second-order valence-corrected chi connectivity index (χ2v) is 9.36. The molecule has 1 fully saturated rings. The van der Waals surface area contributed by atoms with E-state index in [1.54, 1.807) is 0 Å². The molecule has 34 heavy (non-hydrogen) atoms. The smallest absolute Gasteiger partial charge is 0.305 e. The van der Waals surface area contributed by atoms with Crippen molar-refractivity contribution in [3.63, 3.8) is 0 Å². The topological polar surface area (TPSA) is 146 Å². The van der Waals surface area contributed by atoms with Crippen molar-refractivity contribution in [2.75, 3.05) is 19.8 Å². The number of hydrogen-bond donors (Lipinski definition) is 5. The Hall–Kier alpha value is -0.810. The fourth-order valence-corrected chi connectivity index (χ4v) is 4.01. The quantitative estimate of drug-likeness (QED) is 0.127. The van der Waals surface area contributed by atoms with E-state index in [2.05, 4.69) is 6.92 Å². The molecule has 1 heterocycles. The van der Waals surface area contributed by atoms with Gasteiger partial charge in [-0.15, -0.1) is 0 Å². The Morgan fingerprint density at radius 1 is 0.794 bits per heavy atom. The van der Waals surface area contributed by atoms with Gasteiger partial charge in [0.2, 0.25) is 0 Å². The normalized spacial score (nSPS) is 25.9. The van der Waals surface area contributed by atoms with Gasteiger partial charge in [-0.1, -0.05) is 84.0 Å². The number of unbranched alkanes of at least 4 members (excludes halogenated alkanes) is 12. The molecule has 0 aromatic carbocycles. The van der Waals surface area contributed by atoms with Crippen LogP contribution in [0.2, 0.25) is 0 Å². The van der Waals surface area contributed by atoms with Crippen LogP contribution < -0.4 is 0 Å². The van der Waals surface area contributed by atoms with E-state index in [9.17, 15) is 25.2 Å². The summed E-state index contributed by atoms with van der Waals surface area (Å²) in [6, 6.07) is 0. The van der Waals surface area contributed by atoms with Crippen molar-refractivity contribution < 1.29 is 44.5 Å². The minimum Gasteiger partial charge on any atom is -0.463 e. The lowest BCUT2D eigenvalue weighted by Gasteiger charge is -2.39. The first-order chi connectivity index (χ1) is 16.4. The van der Waals surface area contributed by atoms with Gasteiger partial charge in [0.25, 0.3) is 0 Å². The Bertz CT molecular complexity index is 503. The van der Waals surface area contributed by atoms with Crippen LogP contribution in [0.15, 0.2) is 0 Å². The van der Waals surface area contributed by atoms with E-state index in [-0.39, 0.29) is 19.2 Å². The SMILES string of the molecule is CCCCCCCCCCCCCCCC(=O)OC[C@H](O)CO[C@H]1O[C@@H](CO)[C@H](O)[C@@H](O)[C@@H]1O. The Morgan fingerprint density at radius 2 is 1.32 bits per heavy atom. The van der Waals surface area contributed by atoms with Crippen molar-refractivity contribution in [2.24, 2.45) is 0 Å². The first kappa shape index (κ1) is 31.2. The molecular weight excluding hydrogens is 444 g/mol. The number of aliphatic hydroxyl groups excluding tert-OH is 5. The van der Waals surface area contributed by atoms with Crippen LogP contribution in [0, 0.1) is 0 Å². The van der Waals surface area contributed by atoms with Crippen molar-refractivity contribution in [2.45, 2.75) is 134 Å². The Kier molecular flexibility index (Phi) is 17.8. The third kappa shape index (κ3) is 13.3. The molecule has 202 valence electrons. The van der Waals surface area contributed by atoms with Crippen molar-refractivity contribution in [1.29, 1.82) is 0 Å². The lowest BCUT2D eigenvalue weighted by molar-refractivity contribution is -0.305. The van der Waals surface area contributed by atoms with Gasteiger partial charge < -0.3 is 39.7 Å². The lowest BCUT2D eigenvalue weighted by Crippen LogP contribution is -2.59. The highest BCUT2D eigenvalue weighted by atomic mass is 16.7. The zero-order valence-corrected chi connectivity index (χ0v) is 20.9. The summed E-state index contributed by atoms with van der Waals surface area (Å²) in [6.07, 6.45) is 8.18. The third-order valence-electron chi connectivity index (χ3n) is 6.22. The number of hydrogen-bond acceptors (Lipinski definition) is 9. The Morgan fingerprint density at radius 3 is 1.85 bits per heavy atom. The van der Waals surface area contributed by atoms with Gasteiger partial charge >= 0.3 is 5.97 Å². The summed E-state index contributed by atoms with van der Waals surface area (Å²) in [6.45, 7) is 1.11. The van der Waals surface area contributed by atoms with E-state index in [1.807, 2.05) is 0 Å². The van der Waals surface area contributed by atoms with E-state index in [4.69, 9.17) is 19.3 Å². The molecule has 0 aromatic heterocycles. The highest BCUT2D eigenvalue weighted by molar-refractivity contribution is 5.69. The first-order valence-corrected chi connectivity index (χ1v) is 13.2. The van der Waals surface area contributed by atoms with Crippen LogP contribution in [0.3, 0.4) is 0 Å². The highest BCUT2D eigenvalue weighted by Crippen LogP contribution is 2.22. The molecule has 0 unspecified atom stereocenters. The minimum absolute atomic E-state index is 0.255. The predicted octanol–water partition coefficient (Wildman–Crippen LogP) is 2.19. The second kappa shape index (κ2) is 19.4. The zero-order valence-electron chi connectivity index (χ0n) is 20.9. The van der Waals surface area contributed by atoms with Crippen LogP contribution in [0.4, 0.5) is 0 Å². The van der Waals surface area contributed by atoms with Crippen LogP contribution in [-0.4, -0.2) is 88.1 Å². The molecule has 0 aliphatic carbocycles. The van der Waals surface area contributed by atoms with Crippen molar-refractivity contribution in [3.05, 3.63) is 0 Å². The lowest BCUT2D eigenvalue weighted by atomic mass is 9.99. The summed E-state index contributed by atoms with van der Waals surface area (Å²) < 4.78 is 15.5. The molecule has 1 rings (SSSR count). The average molecular weight is 493 g/mol. The molecule has 1 aliphatic heterocycles. The number of ether oxygens (including phenoxy) is 3. The summed E-state index contributed by atoms with van der Waals surface area (Å²) in [5.41, 5.74) is 0. The van der Waals surface area contributed by atoms with Crippen molar-refractivity contribution in [3.8, 4) is 0 Å². The number of carbonyl (C=O) groups is 1. The maximum Gasteiger partial charge on any atom is 0.305 e. The molecule has 6 atom stereocenters. The van der Waals surface area contributed by atoms with E-state index >= 15 is 0 Å². The Labute approximate surface area is 204 Å². The summed E-state index contributed by atoms with van der Waals surface area (Å²) in [5, 5.41) is 48.4. The number of aliphatic hydroxyl groups is 5. The maximum atomic E-state index is 11.8. The molecule has 0 spiro atoms. The number of esters is 1. The van der Waals surface area contributed by atoms with Crippen LogP contribution in [0.5, 0.6) is 0 Å². The van der Waals surface area contributed by atoms with E-state index in [0.717, 1.165) is 19.3 Å². The van der Waals surface area contributed by atoms with Crippen LogP contribution in [0.25, 0.3) is 0 Å². The van der Waals surface area contributed by atoms with Gasteiger partial charge in [-0.25, -0.2) is 0 Å². The van der Waals surface area contributed by atoms with Gasteiger partial charge in [-0.2, -0.15) is 0 Å². The molecule has 5 N–H and O–H groups in total. The van der Waals surface area contributed by atoms with Gasteiger partial charge in [0.15, 0.2) is 6.29 Å². The van der Waals surface area contributed by atoms with Gasteiger partial charge in [-0.3, -0.25) is 4.79 Å². The molecule has 1 saturated heterocycles. The number of rotatable bonds is 20. The van der Waals surface area contributed by atoms with Gasteiger partial charge in [0, 0.05) is 6.42 Å². The zero-order chi connectivity index (χ0) is 25.2. The fourth-order valence-electron chi connectivity index (χ4n) is 4.01. The fraction of sp³-hybridized carbons (Fsp3) is 0.960. The van der Waals surface area contributed by atoms with Crippen LogP contribution >= 0.6 is 0 Å². The van der Waals surface area contributed by atoms with Crippen molar-refractivity contribution in [1.82, 2.24) is 0 Å². The maximum absolute atomic E-state index is 11.8. The van der Waals surface area contributed by atoms with Gasteiger partial charge in [0.05, 0.1) is 13.2 Å². The Balaban J connectivity index is 1.99. The predicted molar refractivity (Wildman–Crippen MR) is 127 cm³/mol. The second-order valence-electron chi connectivity index (χ2n) is 9.36.